The van der Waals surface area contributed by atoms with Crippen LogP contribution >= 0.6 is 0 Å². The van der Waals surface area contributed by atoms with Gasteiger partial charge >= 0.3 is 0 Å². The first kappa shape index (κ1) is 12.2. The highest BCUT2D eigenvalue weighted by atomic mass is 16.3. The van der Waals surface area contributed by atoms with Crippen molar-refractivity contribution in [2.45, 2.75) is 13.8 Å². The maximum Gasteiger partial charge on any atom is 0.165 e. The number of rotatable bonds is 2. The molecular weight excluding hydrogens is 224 g/mol. The second-order valence-corrected chi connectivity index (χ2v) is 4.33. The molecule has 2 nitrogen and oxygen atoms in total. The van der Waals surface area contributed by atoms with E-state index in [1.807, 2.05) is 50.2 Å². The summed E-state index contributed by atoms with van der Waals surface area (Å²) in [7, 11) is 0. The predicted octanol–water partition coefficient (Wildman–Crippen LogP) is 4.25. The molecule has 0 saturated heterocycles. The van der Waals surface area contributed by atoms with Crippen LogP contribution in [0.3, 0.4) is 0 Å². The van der Waals surface area contributed by atoms with Gasteiger partial charge in [-0.3, -0.25) is 0 Å². The van der Waals surface area contributed by atoms with Crippen molar-refractivity contribution in [2.24, 2.45) is 0 Å². The third-order valence-electron chi connectivity index (χ3n) is 2.99. The molecule has 2 rings (SSSR count). The number of aliphatic hydroxyl groups excluding tert-OH is 2. The van der Waals surface area contributed by atoms with Gasteiger partial charge in [-0.25, -0.2) is 0 Å². The Balaban J connectivity index is 2.57. The fourth-order valence-corrected chi connectivity index (χ4v) is 2.04. The Labute approximate surface area is 107 Å². The Morgan fingerprint density at radius 3 is 1.83 bits per heavy atom. The molecule has 0 atom stereocenters. The third-order valence-corrected chi connectivity index (χ3v) is 2.99. The van der Waals surface area contributed by atoms with E-state index in [0.717, 1.165) is 11.1 Å². The van der Waals surface area contributed by atoms with Gasteiger partial charge in [-0.05, 0) is 25.0 Å². The highest BCUT2D eigenvalue weighted by Gasteiger charge is 2.13. The summed E-state index contributed by atoms with van der Waals surface area (Å²) in [5.74, 6) is -0.162. The Bertz CT molecular complexity index is 563. The molecule has 0 aliphatic heterocycles. The van der Waals surface area contributed by atoms with Crippen molar-refractivity contribution in [1.82, 2.24) is 0 Å². The largest absolute Gasteiger partial charge is 0.504 e. The molecule has 0 radical (unpaired) electrons. The van der Waals surface area contributed by atoms with E-state index in [4.69, 9.17) is 0 Å². The van der Waals surface area contributed by atoms with Gasteiger partial charge in [0, 0.05) is 11.1 Å². The SMILES string of the molecule is Cc1cccc(C)c1C(O)=C(O)c1ccccc1. The van der Waals surface area contributed by atoms with Crippen LogP contribution < -0.4 is 0 Å². The van der Waals surface area contributed by atoms with Gasteiger partial charge in [0.15, 0.2) is 11.5 Å². The fraction of sp³-hybridized carbons (Fsp3) is 0.125. The average molecular weight is 240 g/mol. The topological polar surface area (TPSA) is 40.5 Å². The van der Waals surface area contributed by atoms with Gasteiger partial charge in [0.1, 0.15) is 0 Å². The molecular formula is C16H16O2. The van der Waals surface area contributed by atoms with E-state index in [9.17, 15) is 10.2 Å². The lowest BCUT2D eigenvalue weighted by Gasteiger charge is -2.11. The zero-order valence-corrected chi connectivity index (χ0v) is 10.5. The summed E-state index contributed by atoms with van der Waals surface area (Å²) in [6, 6.07) is 14.8. The zero-order valence-electron chi connectivity index (χ0n) is 10.5. The van der Waals surface area contributed by atoms with Crippen LogP contribution in [0.4, 0.5) is 0 Å². The molecule has 0 unspecified atom stereocenters. The minimum atomic E-state index is -0.0898. The molecule has 18 heavy (non-hydrogen) atoms. The molecule has 0 aliphatic carbocycles. The van der Waals surface area contributed by atoms with Gasteiger partial charge < -0.3 is 10.2 Å². The molecule has 0 saturated carbocycles. The van der Waals surface area contributed by atoms with E-state index >= 15 is 0 Å². The van der Waals surface area contributed by atoms with Crippen molar-refractivity contribution in [3.8, 4) is 0 Å². The Kier molecular flexibility index (Phi) is 3.38. The summed E-state index contributed by atoms with van der Waals surface area (Å²) in [5.41, 5.74) is 3.18. The molecule has 0 fully saturated rings. The lowest BCUT2D eigenvalue weighted by atomic mass is 9.99. The molecule has 2 N–H and O–H groups in total. The van der Waals surface area contributed by atoms with Gasteiger partial charge in [-0.2, -0.15) is 0 Å². The molecule has 0 amide bonds. The smallest absolute Gasteiger partial charge is 0.165 e. The van der Waals surface area contributed by atoms with Crippen LogP contribution in [0.1, 0.15) is 22.3 Å². The molecule has 0 heterocycles. The van der Waals surface area contributed by atoms with Crippen LogP contribution in [0.5, 0.6) is 0 Å². The maximum atomic E-state index is 10.2. The van der Waals surface area contributed by atoms with Gasteiger partial charge in [0.05, 0.1) is 0 Å². The van der Waals surface area contributed by atoms with Gasteiger partial charge in [-0.15, -0.1) is 0 Å². The summed E-state index contributed by atoms with van der Waals surface area (Å²) in [4.78, 5) is 0. The van der Waals surface area contributed by atoms with Crippen LogP contribution in [0, 0.1) is 13.8 Å². The molecule has 0 bridgehead atoms. The van der Waals surface area contributed by atoms with Gasteiger partial charge in [-0.1, -0.05) is 48.5 Å². The van der Waals surface area contributed by atoms with Crippen LogP contribution in [0.25, 0.3) is 11.5 Å². The number of hydrogen-bond donors (Lipinski definition) is 2. The average Bonchev–Trinajstić information content (AvgIpc) is 2.38. The van der Waals surface area contributed by atoms with Crippen LogP contribution in [-0.2, 0) is 0 Å². The second-order valence-electron chi connectivity index (χ2n) is 4.33. The van der Waals surface area contributed by atoms with Crippen molar-refractivity contribution < 1.29 is 10.2 Å². The van der Waals surface area contributed by atoms with Crippen molar-refractivity contribution in [2.75, 3.05) is 0 Å². The fourth-order valence-electron chi connectivity index (χ4n) is 2.04. The van der Waals surface area contributed by atoms with E-state index in [2.05, 4.69) is 0 Å². The Hall–Kier alpha value is -2.22. The summed E-state index contributed by atoms with van der Waals surface area (Å²) in [6.07, 6.45) is 0. The van der Waals surface area contributed by atoms with E-state index in [-0.39, 0.29) is 11.5 Å². The third kappa shape index (κ3) is 2.23. The quantitative estimate of drug-likeness (QED) is 0.608. The molecule has 0 spiro atoms. The van der Waals surface area contributed by atoms with Crippen LogP contribution in [0.2, 0.25) is 0 Å². The Morgan fingerprint density at radius 1 is 0.722 bits per heavy atom. The molecule has 92 valence electrons. The van der Waals surface area contributed by atoms with E-state index in [1.165, 1.54) is 0 Å². The maximum absolute atomic E-state index is 10.2. The van der Waals surface area contributed by atoms with Crippen molar-refractivity contribution in [1.29, 1.82) is 0 Å². The monoisotopic (exact) mass is 240 g/mol. The van der Waals surface area contributed by atoms with Crippen LogP contribution in [-0.4, -0.2) is 10.2 Å². The van der Waals surface area contributed by atoms with Crippen LogP contribution in [0.15, 0.2) is 48.5 Å². The minimum Gasteiger partial charge on any atom is -0.504 e. The number of aliphatic hydroxyl groups is 2. The number of benzene rings is 2. The highest BCUT2D eigenvalue weighted by molar-refractivity contribution is 5.84. The lowest BCUT2D eigenvalue weighted by molar-refractivity contribution is 0.459. The van der Waals surface area contributed by atoms with E-state index < -0.39 is 0 Å². The first-order chi connectivity index (χ1) is 8.61. The molecule has 2 aromatic carbocycles. The van der Waals surface area contributed by atoms with Crippen molar-refractivity contribution in [3.63, 3.8) is 0 Å². The summed E-state index contributed by atoms with van der Waals surface area (Å²) >= 11 is 0. The Morgan fingerprint density at radius 2 is 1.28 bits per heavy atom. The van der Waals surface area contributed by atoms with E-state index in [1.54, 1.807) is 12.1 Å². The molecule has 2 heteroatoms. The summed E-state index contributed by atoms with van der Waals surface area (Å²) in [6.45, 7) is 3.83. The minimum absolute atomic E-state index is 0.0724. The van der Waals surface area contributed by atoms with Gasteiger partial charge in [0.2, 0.25) is 0 Å². The molecule has 0 aliphatic rings. The summed E-state index contributed by atoms with van der Waals surface area (Å²) < 4.78 is 0. The number of aryl methyl sites for hydroxylation is 2. The second kappa shape index (κ2) is 4.96. The first-order valence-corrected chi connectivity index (χ1v) is 5.85. The standard InChI is InChI=1S/C16H16O2/c1-11-7-6-8-12(2)14(11)16(18)15(17)13-9-4-3-5-10-13/h3-10,17-18H,1-2H3. The molecule has 2 aromatic rings. The summed E-state index contributed by atoms with van der Waals surface area (Å²) in [5, 5.41) is 20.4. The lowest BCUT2D eigenvalue weighted by Crippen LogP contribution is -1.96. The normalized spacial score (nSPS) is 12.1. The van der Waals surface area contributed by atoms with E-state index in [0.29, 0.717) is 11.1 Å². The zero-order chi connectivity index (χ0) is 13.1. The van der Waals surface area contributed by atoms with Crippen molar-refractivity contribution >= 4 is 11.5 Å². The predicted molar refractivity (Wildman–Crippen MR) is 74.4 cm³/mol. The first-order valence-electron chi connectivity index (χ1n) is 5.85. The van der Waals surface area contributed by atoms with Gasteiger partial charge in [0.25, 0.3) is 0 Å². The van der Waals surface area contributed by atoms with Crippen molar-refractivity contribution in [3.05, 3.63) is 70.8 Å². The highest BCUT2D eigenvalue weighted by Crippen LogP contribution is 2.26. The number of hydrogen-bond acceptors (Lipinski definition) is 2. The molecule has 0 aromatic heterocycles.